The van der Waals surface area contributed by atoms with E-state index in [1.54, 1.807) is 42.7 Å². The number of hydrogen-bond acceptors (Lipinski definition) is 4. The second kappa shape index (κ2) is 11.0. The number of nitrogens with zero attached hydrogens (tertiary/aromatic N) is 1. The topological polar surface area (TPSA) is 86.6 Å². The molecule has 0 saturated carbocycles. The highest BCUT2D eigenvalue weighted by Gasteiger charge is 2.25. The predicted octanol–water partition coefficient (Wildman–Crippen LogP) is 4.62. The Labute approximate surface area is 182 Å². The molecular formula is C24H28N4O3. The van der Waals surface area contributed by atoms with Crippen LogP contribution in [0.5, 0.6) is 0 Å². The number of rotatable bonds is 9. The van der Waals surface area contributed by atoms with E-state index < -0.39 is 0 Å². The molecule has 0 radical (unpaired) electrons. The SMILES string of the molecule is CCN(CC)C(C(=O)Nc1ccc(NC(=O)NCc2ccco2)cc1)c1ccccc1. The Balaban J connectivity index is 1.60. The van der Waals surface area contributed by atoms with Crippen molar-refractivity contribution < 1.29 is 14.0 Å². The lowest BCUT2D eigenvalue weighted by atomic mass is 10.0. The molecule has 0 aliphatic rings. The van der Waals surface area contributed by atoms with Gasteiger partial charge in [-0.15, -0.1) is 0 Å². The Morgan fingerprint density at radius 1 is 0.871 bits per heavy atom. The fourth-order valence-corrected chi connectivity index (χ4v) is 3.36. The zero-order valence-corrected chi connectivity index (χ0v) is 17.8. The highest BCUT2D eigenvalue weighted by Crippen LogP contribution is 2.23. The molecule has 0 fully saturated rings. The minimum atomic E-state index is -0.374. The van der Waals surface area contributed by atoms with Gasteiger partial charge in [-0.25, -0.2) is 4.79 Å². The molecular weight excluding hydrogens is 392 g/mol. The molecule has 7 heteroatoms. The van der Waals surface area contributed by atoms with Crippen LogP contribution in [0.1, 0.15) is 31.2 Å². The van der Waals surface area contributed by atoms with E-state index in [0.29, 0.717) is 23.7 Å². The second-order valence-corrected chi connectivity index (χ2v) is 6.99. The van der Waals surface area contributed by atoms with Crippen LogP contribution < -0.4 is 16.0 Å². The molecule has 1 atom stereocenters. The first-order valence-corrected chi connectivity index (χ1v) is 10.4. The number of furan rings is 1. The highest BCUT2D eigenvalue weighted by atomic mass is 16.3. The second-order valence-electron chi connectivity index (χ2n) is 6.99. The summed E-state index contributed by atoms with van der Waals surface area (Å²) >= 11 is 0. The lowest BCUT2D eigenvalue weighted by Gasteiger charge is -2.29. The molecule has 3 amide bonds. The maximum Gasteiger partial charge on any atom is 0.319 e. The lowest BCUT2D eigenvalue weighted by molar-refractivity contribution is -0.121. The maximum atomic E-state index is 13.1. The van der Waals surface area contributed by atoms with E-state index in [1.165, 1.54) is 0 Å². The fourth-order valence-electron chi connectivity index (χ4n) is 3.36. The summed E-state index contributed by atoms with van der Waals surface area (Å²) in [4.78, 5) is 27.2. The van der Waals surface area contributed by atoms with Crippen LogP contribution in [0.2, 0.25) is 0 Å². The summed E-state index contributed by atoms with van der Waals surface area (Å²) in [5.41, 5.74) is 2.24. The lowest BCUT2D eigenvalue weighted by Crippen LogP contribution is -2.37. The molecule has 3 aromatic rings. The van der Waals surface area contributed by atoms with E-state index in [4.69, 9.17) is 4.42 Å². The molecule has 0 aliphatic heterocycles. The number of carbonyl (C=O) groups excluding carboxylic acids is 2. The van der Waals surface area contributed by atoms with Crippen LogP contribution in [0.3, 0.4) is 0 Å². The van der Waals surface area contributed by atoms with Gasteiger partial charge in [-0.2, -0.15) is 0 Å². The van der Waals surface area contributed by atoms with E-state index in [-0.39, 0.29) is 18.0 Å². The molecule has 2 aromatic carbocycles. The zero-order chi connectivity index (χ0) is 22.1. The van der Waals surface area contributed by atoms with Crippen LogP contribution in [-0.4, -0.2) is 29.9 Å². The highest BCUT2D eigenvalue weighted by molar-refractivity contribution is 5.96. The van der Waals surface area contributed by atoms with Crippen molar-refractivity contribution in [3.8, 4) is 0 Å². The minimum absolute atomic E-state index is 0.0909. The van der Waals surface area contributed by atoms with Crippen LogP contribution in [0, 0.1) is 0 Å². The zero-order valence-electron chi connectivity index (χ0n) is 17.8. The van der Waals surface area contributed by atoms with E-state index in [9.17, 15) is 9.59 Å². The normalized spacial score (nSPS) is 11.7. The molecule has 7 nitrogen and oxygen atoms in total. The molecule has 31 heavy (non-hydrogen) atoms. The van der Waals surface area contributed by atoms with Crippen molar-refractivity contribution in [3.63, 3.8) is 0 Å². The molecule has 162 valence electrons. The van der Waals surface area contributed by atoms with Crippen molar-refractivity contribution in [2.75, 3.05) is 23.7 Å². The summed E-state index contributed by atoms with van der Waals surface area (Å²) in [5, 5.41) is 8.47. The first-order valence-electron chi connectivity index (χ1n) is 10.4. The van der Waals surface area contributed by atoms with E-state index in [1.807, 2.05) is 44.2 Å². The Bertz CT molecular complexity index is 952. The largest absolute Gasteiger partial charge is 0.467 e. The number of likely N-dealkylation sites (N-methyl/N-ethyl adjacent to an activating group) is 1. The average molecular weight is 421 g/mol. The summed E-state index contributed by atoms with van der Waals surface area (Å²) in [7, 11) is 0. The number of hydrogen-bond donors (Lipinski definition) is 3. The summed E-state index contributed by atoms with van der Waals surface area (Å²) < 4.78 is 5.18. The van der Waals surface area contributed by atoms with Gasteiger partial charge in [0.2, 0.25) is 5.91 Å². The van der Waals surface area contributed by atoms with Crippen molar-refractivity contribution in [2.45, 2.75) is 26.4 Å². The van der Waals surface area contributed by atoms with E-state index in [0.717, 1.165) is 18.7 Å². The quantitative estimate of drug-likeness (QED) is 0.471. The fraction of sp³-hybridized carbons (Fsp3) is 0.250. The standard InChI is InChI=1S/C24H28N4O3/c1-3-28(4-2)22(18-9-6-5-7-10-18)23(29)26-19-12-14-20(15-13-19)27-24(30)25-17-21-11-8-16-31-21/h5-16,22H,3-4,17H2,1-2H3,(H,26,29)(H2,25,27,30). The summed E-state index contributed by atoms with van der Waals surface area (Å²) in [6, 6.07) is 19.6. The van der Waals surface area contributed by atoms with Gasteiger partial charge in [-0.05, 0) is 55.1 Å². The first-order chi connectivity index (χ1) is 15.1. The molecule has 0 bridgehead atoms. The Morgan fingerprint density at radius 2 is 1.52 bits per heavy atom. The number of benzene rings is 2. The smallest absolute Gasteiger partial charge is 0.319 e. The van der Waals surface area contributed by atoms with Crippen molar-refractivity contribution in [1.29, 1.82) is 0 Å². The molecule has 1 heterocycles. The maximum absolute atomic E-state index is 13.1. The van der Waals surface area contributed by atoms with Crippen molar-refractivity contribution in [2.24, 2.45) is 0 Å². The van der Waals surface area contributed by atoms with Gasteiger partial charge < -0.3 is 20.4 Å². The molecule has 0 aliphatic carbocycles. The summed E-state index contributed by atoms with van der Waals surface area (Å²) in [6.45, 7) is 5.92. The summed E-state index contributed by atoms with van der Waals surface area (Å²) in [6.07, 6.45) is 1.56. The first kappa shape index (κ1) is 22.1. The van der Waals surface area contributed by atoms with Gasteiger partial charge >= 0.3 is 6.03 Å². The van der Waals surface area contributed by atoms with Crippen molar-refractivity contribution >= 4 is 23.3 Å². The van der Waals surface area contributed by atoms with Crippen LogP contribution in [0.25, 0.3) is 0 Å². The van der Waals surface area contributed by atoms with Gasteiger partial charge in [0.1, 0.15) is 11.8 Å². The Kier molecular flexibility index (Phi) is 7.84. The van der Waals surface area contributed by atoms with Gasteiger partial charge in [0.25, 0.3) is 0 Å². The molecule has 3 N–H and O–H groups in total. The third-order valence-corrected chi connectivity index (χ3v) is 4.95. The third kappa shape index (κ3) is 6.20. The number of anilines is 2. The van der Waals surface area contributed by atoms with Crippen molar-refractivity contribution in [3.05, 3.63) is 84.3 Å². The minimum Gasteiger partial charge on any atom is -0.467 e. The third-order valence-electron chi connectivity index (χ3n) is 4.95. The van der Waals surface area contributed by atoms with Gasteiger partial charge in [-0.1, -0.05) is 44.2 Å². The predicted molar refractivity (Wildman–Crippen MR) is 122 cm³/mol. The van der Waals surface area contributed by atoms with E-state index >= 15 is 0 Å². The Morgan fingerprint density at radius 3 is 2.10 bits per heavy atom. The molecule has 0 spiro atoms. The van der Waals surface area contributed by atoms with Crippen molar-refractivity contribution in [1.82, 2.24) is 10.2 Å². The number of amides is 3. The van der Waals surface area contributed by atoms with Crippen LogP contribution in [0.4, 0.5) is 16.2 Å². The van der Waals surface area contributed by atoms with Gasteiger partial charge in [-0.3, -0.25) is 9.69 Å². The number of carbonyl (C=O) groups is 2. The van der Waals surface area contributed by atoms with Crippen LogP contribution >= 0.6 is 0 Å². The van der Waals surface area contributed by atoms with Gasteiger partial charge in [0, 0.05) is 11.4 Å². The van der Waals surface area contributed by atoms with Gasteiger partial charge in [0.05, 0.1) is 12.8 Å². The Hall–Kier alpha value is -3.58. The molecule has 3 rings (SSSR count). The van der Waals surface area contributed by atoms with Crippen LogP contribution in [-0.2, 0) is 11.3 Å². The molecule has 1 unspecified atom stereocenters. The van der Waals surface area contributed by atoms with Gasteiger partial charge in [0.15, 0.2) is 0 Å². The van der Waals surface area contributed by atoms with E-state index in [2.05, 4.69) is 20.9 Å². The number of nitrogens with one attached hydrogen (secondary N) is 3. The average Bonchev–Trinajstić information content (AvgIpc) is 3.31. The van der Waals surface area contributed by atoms with Crippen LogP contribution in [0.15, 0.2) is 77.4 Å². The molecule has 0 saturated heterocycles. The molecule has 1 aromatic heterocycles. The summed E-state index contributed by atoms with van der Waals surface area (Å²) in [5.74, 6) is 0.584. The monoisotopic (exact) mass is 420 g/mol. The number of urea groups is 1.